The fourth-order valence-corrected chi connectivity index (χ4v) is 3.07. The quantitative estimate of drug-likeness (QED) is 0.466. The van der Waals surface area contributed by atoms with Gasteiger partial charge in [0.2, 0.25) is 0 Å². The smallest absolute Gasteiger partial charge is 0.191 e. The van der Waals surface area contributed by atoms with Gasteiger partial charge in [0, 0.05) is 32.7 Å². The SMILES string of the molecule is CCOC(CCNC(=NCC1CCCO1)NCCc1ccco1)C(C)C. The Balaban J connectivity index is 1.79. The van der Waals surface area contributed by atoms with Crippen molar-refractivity contribution in [2.24, 2.45) is 10.9 Å². The summed E-state index contributed by atoms with van der Waals surface area (Å²) in [5.41, 5.74) is 0. The van der Waals surface area contributed by atoms with Gasteiger partial charge in [0.25, 0.3) is 0 Å². The van der Waals surface area contributed by atoms with Gasteiger partial charge in [-0.3, -0.25) is 4.99 Å². The van der Waals surface area contributed by atoms with Gasteiger partial charge < -0.3 is 24.5 Å². The summed E-state index contributed by atoms with van der Waals surface area (Å²) >= 11 is 0. The zero-order valence-corrected chi connectivity index (χ0v) is 16.5. The molecule has 2 rings (SSSR count). The number of ether oxygens (including phenoxy) is 2. The molecule has 2 unspecified atom stereocenters. The highest BCUT2D eigenvalue weighted by Gasteiger charge is 2.16. The van der Waals surface area contributed by atoms with Crippen LogP contribution in [0.4, 0.5) is 0 Å². The van der Waals surface area contributed by atoms with E-state index >= 15 is 0 Å². The first-order chi connectivity index (χ1) is 12.7. The Labute approximate surface area is 157 Å². The van der Waals surface area contributed by atoms with E-state index in [0.29, 0.717) is 12.5 Å². The summed E-state index contributed by atoms with van der Waals surface area (Å²) in [4.78, 5) is 4.71. The van der Waals surface area contributed by atoms with Gasteiger partial charge in [0.1, 0.15) is 5.76 Å². The molecule has 2 heterocycles. The van der Waals surface area contributed by atoms with Crippen LogP contribution >= 0.6 is 0 Å². The second-order valence-corrected chi connectivity index (χ2v) is 7.03. The molecule has 1 aliphatic heterocycles. The summed E-state index contributed by atoms with van der Waals surface area (Å²) in [5.74, 6) is 2.33. The zero-order valence-electron chi connectivity index (χ0n) is 16.5. The molecular formula is C20H35N3O3. The highest BCUT2D eigenvalue weighted by molar-refractivity contribution is 5.79. The van der Waals surface area contributed by atoms with Crippen molar-refractivity contribution >= 4 is 5.96 Å². The van der Waals surface area contributed by atoms with Crippen molar-refractivity contribution in [2.45, 2.75) is 58.7 Å². The van der Waals surface area contributed by atoms with Crippen LogP contribution in [0.5, 0.6) is 0 Å². The fourth-order valence-electron chi connectivity index (χ4n) is 3.07. The van der Waals surface area contributed by atoms with Crippen LogP contribution in [0.25, 0.3) is 0 Å². The van der Waals surface area contributed by atoms with Gasteiger partial charge in [0.15, 0.2) is 5.96 Å². The first-order valence-electron chi connectivity index (χ1n) is 9.96. The molecule has 1 aliphatic rings. The standard InChI is InChI=1S/C20H35N3O3/c1-4-24-19(16(2)3)10-12-22-20(23-15-18-8-6-14-26-18)21-11-9-17-7-5-13-25-17/h5,7,13,16,18-19H,4,6,8-12,14-15H2,1-3H3,(H2,21,22,23). The maximum absolute atomic E-state index is 5.82. The summed E-state index contributed by atoms with van der Waals surface area (Å²) in [6.07, 6.45) is 6.27. The van der Waals surface area contributed by atoms with Crippen molar-refractivity contribution in [1.29, 1.82) is 0 Å². The first-order valence-corrected chi connectivity index (χ1v) is 9.96. The Morgan fingerprint density at radius 3 is 2.85 bits per heavy atom. The molecule has 0 bridgehead atoms. The lowest BCUT2D eigenvalue weighted by atomic mass is 10.0. The average Bonchev–Trinajstić information content (AvgIpc) is 3.32. The van der Waals surface area contributed by atoms with Crippen molar-refractivity contribution in [3.8, 4) is 0 Å². The summed E-state index contributed by atoms with van der Waals surface area (Å²) < 4.78 is 16.9. The van der Waals surface area contributed by atoms with E-state index in [1.54, 1.807) is 6.26 Å². The van der Waals surface area contributed by atoms with E-state index in [2.05, 4.69) is 24.5 Å². The van der Waals surface area contributed by atoms with Gasteiger partial charge in [-0.25, -0.2) is 0 Å². The van der Waals surface area contributed by atoms with E-state index in [4.69, 9.17) is 18.9 Å². The van der Waals surface area contributed by atoms with Crippen molar-refractivity contribution in [1.82, 2.24) is 10.6 Å². The number of aliphatic imine (C=N–C) groups is 1. The van der Waals surface area contributed by atoms with Gasteiger partial charge in [-0.05, 0) is 44.2 Å². The number of nitrogens with one attached hydrogen (secondary N) is 2. The molecule has 0 aliphatic carbocycles. The van der Waals surface area contributed by atoms with E-state index in [1.165, 1.54) is 0 Å². The molecule has 6 heteroatoms. The van der Waals surface area contributed by atoms with Gasteiger partial charge in [-0.2, -0.15) is 0 Å². The second-order valence-electron chi connectivity index (χ2n) is 7.03. The molecule has 1 aromatic heterocycles. The lowest BCUT2D eigenvalue weighted by Gasteiger charge is -2.21. The Morgan fingerprint density at radius 2 is 2.19 bits per heavy atom. The normalized spacial score (nSPS) is 19.1. The lowest BCUT2D eigenvalue weighted by molar-refractivity contribution is 0.0258. The summed E-state index contributed by atoms with van der Waals surface area (Å²) in [5, 5.41) is 6.84. The third-order valence-corrected chi connectivity index (χ3v) is 4.57. The number of guanidine groups is 1. The largest absolute Gasteiger partial charge is 0.469 e. The molecule has 2 atom stereocenters. The van der Waals surface area contributed by atoms with Gasteiger partial charge in [-0.15, -0.1) is 0 Å². The lowest BCUT2D eigenvalue weighted by Crippen LogP contribution is -2.40. The molecule has 26 heavy (non-hydrogen) atoms. The van der Waals surface area contributed by atoms with Gasteiger partial charge >= 0.3 is 0 Å². The fraction of sp³-hybridized carbons (Fsp3) is 0.750. The molecule has 0 radical (unpaired) electrons. The van der Waals surface area contributed by atoms with E-state index < -0.39 is 0 Å². The van der Waals surface area contributed by atoms with E-state index in [-0.39, 0.29) is 12.2 Å². The molecule has 1 fully saturated rings. The Kier molecular flexibility index (Phi) is 9.56. The van der Waals surface area contributed by atoms with Crippen LogP contribution in [0.1, 0.15) is 45.8 Å². The topological polar surface area (TPSA) is 68.0 Å². The third-order valence-electron chi connectivity index (χ3n) is 4.57. The highest BCUT2D eigenvalue weighted by atomic mass is 16.5. The second kappa shape index (κ2) is 12.0. The molecular weight excluding hydrogens is 330 g/mol. The Bertz CT molecular complexity index is 496. The zero-order chi connectivity index (χ0) is 18.6. The highest BCUT2D eigenvalue weighted by Crippen LogP contribution is 2.12. The van der Waals surface area contributed by atoms with Crippen molar-refractivity contribution in [3.05, 3.63) is 24.2 Å². The Morgan fingerprint density at radius 1 is 1.35 bits per heavy atom. The van der Waals surface area contributed by atoms with Crippen molar-refractivity contribution in [2.75, 3.05) is 32.8 Å². The molecule has 0 spiro atoms. The van der Waals surface area contributed by atoms with Crippen LogP contribution in [0, 0.1) is 5.92 Å². The minimum absolute atomic E-state index is 0.255. The van der Waals surface area contributed by atoms with Crippen LogP contribution in [-0.4, -0.2) is 51.0 Å². The monoisotopic (exact) mass is 365 g/mol. The molecule has 1 saturated heterocycles. The molecule has 148 valence electrons. The number of hydrogen-bond acceptors (Lipinski definition) is 4. The van der Waals surface area contributed by atoms with Crippen LogP contribution in [0.15, 0.2) is 27.8 Å². The predicted molar refractivity (Wildman–Crippen MR) is 105 cm³/mol. The number of nitrogens with zero attached hydrogens (tertiary/aromatic N) is 1. The predicted octanol–water partition coefficient (Wildman–Crippen LogP) is 2.99. The summed E-state index contributed by atoms with van der Waals surface area (Å²) in [6, 6.07) is 3.91. The molecule has 0 aromatic carbocycles. The molecule has 6 nitrogen and oxygen atoms in total. The first kappa shape index (κ1) is 20.8. The van der Waals surface area contributed by atoms with Gasteiger partial charge in [0.05, 0.1) is 25.0 Å². The van der Waals surface area contributed by atoms with Crippen LogP contribution in [0.2, 0.25) is 0 Å². The van der Waals surface area contributed by atoms with Crippen molar-refractivity contribution < 1.29 is 13.9 Å². The maximum atomic E-state index is 5.82. The number of furan rings is 1. The summed E-state index contributed by atoms with van der Waals surface area (Å²) in [7, 11) is 0. The van der Waals surface area contributed by atoms with Crippen LogP contribution in [-0.2, 0) is 15.9 Å². The number of hydrogen-bond donors (Lipinski definition) is 2. The molecule has 0 saturated carbocycles. The van der Waals surface area contributed by atoms with Gasteiger partial charge in [-0.1, -0.05) is 13.8 Å². The van der Waals surface area contributed by atoms with Crippen LogP contribution in [0.3, 0.4) is 0 Å². The van der Waals surface area contributed by atoms with Crippen LogP contribution < -0.4 is 10.6 Å². The third kappa shape index (κ3) is 7.79. The average molecular weight is 366 g/mol. The summed E-state index contributed by atoms with van der Waals surface area (Å²) in [6.45, 7) is 10.4. The van der Waals surface area contributed by atoms with E-state index in [1.807, 2.05) is 19.1 Å². The number of rotatable bonds is 11. The molecule has 2 N–H and O–H groups in total. The maximum Gasteiger partial charge on any atom is 0.191 e. The minimum atomic E-state index is 0.255. The Hall–Kier alpha value is -1.53. The van der Waals surface area contributed by atoms with E-state index in [9.17, 15) is 0 Å². The molecule has 1 aromatic rings. The minimum Gasteiger partial charge on any atom is -0.469 e. The molecule has 0 amide bonds. The van der Waals surface area contributed by atoms with E-state index in [0.717, 1.165) is 63.7 Å². The van der Waals surface area contributed by atoms with Crippen molar-refractivity contribution in [3.63, 3.8) is 0 Å².